The molecule has 3 N–H and O–H groups in total. The van der Waals surface area contributed by atoms with Crippen molar-refractivity contribution in [3.8, 4) is 0 Å². The van der Waals surface area contributed by atoms with Crippen LogP contribution in [0.25, 0.3) is 0 Å². The van der Waals surface area contributed by atoms with E-state index in [1.807, 2.05) is 6.92 Å². The van der Waals surface area contributed by atoms with Gasteiger partial charge in [0, 0.05) is 6.42 Å². The molecule has 0 aliphatic heterocycles. The maximum absolute atomic E-state index is 12.6. The SMILES string of the molecule is CCc1nnc(N/N=C/c2cccc(C(F)(F)F)c2)n1N.Cl. The summed E-state index contributed by atoms with van der Waals surface area (Å²) >= 11 is 0. The van der Waals surface area contributed by atoms with E-state index < -0.39 is 11.7 Å². The van der Waals surface area contributed by atoms with E-state index in [4.69, 9.17) is 5.84 Å². The Balaban J connectivity index is 0.00000242. The van der Waals surface area contributed by atoms with Gasteiger partial charge < -0.3 is 5.84 Å². The van der Waals surface area contributed by atoms with Crippen LogP contribution in [0.1, 0.15) is 23.9 Å². The van der Waals surface area contributed by atoms with Crippen LogP contribution in [0.2, 0.25) is 0 Å². The Morgan fingerprint density at radius 1 is 1.36 bits per heavy atom. The summed E-state index contributed by atoms with van der Waals surface area (Å²) in [5, 5.41) is 11.4. The first kappa shape index (κ1) is 17.8. The van der Waals surface area contributed by atoms with E-state index in [-0.39, 0.29) is 18.4 Å². The van der Waals surface area contributed by atoms with Crippen molar-refractivity contribution in [2.45, 2.75) is 19.5 Å². The van der Waals surface area contributed by atoms with E-state index in [0.29, 0.717) is 17.8 Å². The second kappa shape index (κ2) is 7.12. The molecule has 0 fully saturated rings. The van der Waals surface area contributed by atoms with Crippen LogP contribution in [-0.4, -0.2) is 21.1 Å². The lowest BCUT2D eigenvalue weighted by atomic mass is 10.1. The number of nitrogens with one attached hydrogen (secondary N) is 1. The van der Waals surface area contributed by atoms with Crippen LogP contribution in [0.3, 0.4) is 0 Å². The summed E-state index contributed by atoms with van der Waals surface area (Å²) in [5.41, 5.74) is 2.09. The zero-order valence-electron chi connectivity index (χ0n) is 11.5. The van der Waals surface area contributed by atoms with Gasteiger partial charge in [-0.15, -0.1) is 22.6 Å². The van der Waals surface area contributed by atoms with Crippen LogP contribution in [0, 0.1) is 0 Å². The summed E-state index contributed by atoms with van der Waals surface area (Å²) in [7, 11) is 0. The average molecular weight is 335 g/mol. The van der Waals surface area contributed by atoms with Gasteiger partial charge >= 0.3 is 6.18 Å². The molecule has 0 saturated heterocycles. The Labute approximate surface area is 130 Å². The highest BCUT2D eigenvalue weighted by Crippen LogP contribution is 2.29. The Morgan fingerprint density at radius 2 is 2.09 bits per heavy atom. The number of aryl methyl sites for hydroxylation is 1. The molecule has 1 aromatic carbocycles. The van der Waals surface area contributed by atoms with Crippen molar-refractivity contribution in [3.63, 3.8) is 0 Å². The molecule has 0 unspecified atom stereocenters. The van der Waals surface area contributed by atoms with Crippen molar-refractivity contribution in [1.82, 2.24) is 14.9 Å². The molecule has 0 amide bonds. The maximum Gasteiger partial charge on any atom is 0.416 e. The number of anilines is 1. The Kier molecular flexibility index (Phi) is 5.75. The maximum atomic E-state index is 12.6. The second-order valence-electron chi connectivity index (χ2n) is 4.16. The normalized spacial score (nSPS) is 11.5. The summed E-state index contributed by atoms with van der Waals surface area (Å²) in [6.07, 6.45) is -2.54. The van der Waals surface area contributed by atoms with Crippen molar-refractivity contribution in [1.29, 1.82) is 0 Å². The molecule has 1 heterocycles. The molecule has 0 aliphatic rings. The number of alkyl halides is 3. The molecule has 0 bridgehead atoms. The highest BCUT2D eigenvalue weighted by molar-refractivity contribution is 5.85. The predicted octanol–water partition coefficient (Wildman–Crippen LogP) is 2.44. The first-order chi connectivity index (χ1) is 9.91. The molecular formula is C12H14ClF3N6. The quantitative estimate of drug-likeness (QED) is 0.511. The number of aromatic nitrogens is 3. The van der Waals surface area contributed by atoms with Gasteiger partial charge in [-0.3, -0.25) is 0 Å². The number of benzene rings is 1. The number of nitrogen functional groups attached to an aromatic ring is 1. The van der Waals surface area contributed by atoms with Gasteiger partial charge in [0.1, 0.15) is 0 Å². The van der Waals surface area contributed by atoms with E-state index in [0.717, 1.165) is 12.1 Å². The van der Waals surface area contributed by atoms with Crippen molar-refractivity contribution in [2.24, 2.45) is 5.10 Å². The van der Waals surface area contributed by atoms with Gasteiger partial charge in [0.25, 0.3) is 5.95 Å². The third-order valence-electron chi connectivity index (χ3n) is 2.67. The minimum atomic E-state index is -4.38. The fourth-order valence-electron chi connectivity index (χ4n) is 1.60. The van der Waals surface area contributed by atoms with Gasteiger partial charge in [0.05, 0.1) is 11.8 Å². The van der Waals surface area contributed by atoms with Crippen LogP contribution in [-0.2, 0) is 12.6 Å². The molecule has 0 aliphatic carbocycles. The zero-order valence-corrected chi connectivity index (χ0v) is 12.3. The summed E-state index contributed by atoms with van der Waals surface area (Å²) in [4.78, 5) is 0. The van der Waals surface area contributed by atoms with E-state index in [9.17, 15) is 13.2 Å². The molecule has 2 rings (SSSR count). The minimum Gasteiger partial charge on any atom is -0.335 e. The third kappa shape index (κ3) is 4.10. The molecule has 120 valence electrons. The second-order valence-corrected chi connectivity index (χ2v) is 4.16. The molecule has 0 spiro atoms. The Hall–Kier alpha value is -2.29. The van der Waals surface area contributed by atoms with E-state index in [2.05, 4.69) is 20.7 Å². The molecule has 2 aromatic rings. The minimum absolute atomic E-state index is 0. The summed E-state index contributed by atoms with van der Waals surface area (Å²) in [6.45, 7) is 1.86. The van der Waals surface area contributed by atoms with Crippen molar-refractivity contribution < 1.29 is 13.2 Å². The fourth-order valence-corrected chi connectivity index (χ4v) is 1.60. The summed E-state index contributed by atoms with van der Waals surface area (Å²) in [6, 6.07) is 4.81. The molecule has 0 radical (unpaired) electrons. The molecule has 1 aromatic heterocycles. The fraction of sp³-hybridized carbons (Fsp3) is 0.250. The van der Waals surface area contributed by atoms with Gasteiger partial charge in [-0.05, 0) is 17.7 Å². The number of nitrogens with zero attached hydrogens (tertiary/aromatic N) is 4. The lowest BCUT2D eigenvalue weighted by molar-refractivity contribution is -0.137. The topological polar surface area (TPSA) is 81.1 Å². The predicted molar refractivity (Wildman–Crippen MR) is 79.5 cm³/mol. The number of hydrazone groups is 1. The average Bonchev–Trinajstić information content (AvgIpc) is 2.79. The molecule has 22 heavy (non-hydrogen) atoms. The smallest absolute Gasteiger partial charge is 0.335 e. The molecule has 0 atom stereocenters. The van der Waals surface area contributed by atoms with Crippen molar-refractivity contribution >= 4 is 24.6 Å². The number of rotatable bonds is 4. The van der Waals surface area contributed by atoms with Crippen LogP contribution < -0.4 is 11.3 Å². The number of hydrogen-bond acceptors (Lipinski definition) is 5. The molecule has 0 saturated carbocycles. The van der Waals surface area contributed by atoms with Gasteiger partial charge in [0.15, 0.2) is 5.82 Å². The first-order valence-electron chi connectivity index (χ1n) is 6.07. The molecular weight excluding hydrogens is 321 g/mol. The molecule has 10 heteroatoms. The van der Waals surface area contributed by atoms with Gasteiger partial charge in [-0.25, -0.2) is 10.1 Å². The number of nitrogens with two attached hydrogens (primary N) is 1. The third-order valence-corrected chi connectivity index (χ3v) is 2.67. The van der Waals surface area contributed by atoms with Crippen LogP contribution >= 0.6 is 12.4 Å². The standard InChI is InChI=1S/C12H13F3N6.ClH/c1-2-10-18-20-11(21(10)16)19-17-7-8-4-3-5-9(6-8)12(13,14)15;/h3-7H,2,16H2,1H3,(H,19,20);1H/b17-7+;. The Bertz CT molecular complexity index is 653. The van der Waals surface area contributed by atoms with E-state index >= 15 is 0 Å². The molecule has 6 nitrogen and oxygen atoms in total. The van der Waals surface area contributed by atoms with E-state index in [1.165, 1.54) is 23.0 Å². The highest BCUT2D eigenvalue weighted by atomic mass is 35.5. The Morgan fingerprint density at radius 3 is 2.68 bits per heavy atom. The lowest BCUT2D eigenvalue weighted by Crippen LogP contribution is -2.14. The number of hydrogen-bond donors (Lipinski definition) is 2. The largest absolute Gasteiger partial charge is 0.416 e. The van der Waals surface area contributed by atoms with Crippen LogP contribution in [0.15, 0.2) is 29.4 Å². The van der Waals surface area contributed by atoms with Gasteiger partial charge in [0.2, 0.25) is 0 Å². The van der Waals surface area contributed by atoms with Crippen molar-refractivity contribution in [2.75, 3.05) is 11.3 Å². The number of halogens is 4. The van der Waals surface area contributed by atoms with E-state index in [1.54, 1.807) is 0 Å². The highest BCUT2D eigenvalue weighted by Gasteiger charge is 2.30. The van der Waals surface area contributed by atoms with Crippen molar-refractivity contribution in [3.05, 3.63) is 41.2 Å². The first-order valence-corrected chi connectivity index (χ1v) is 6.07. The summed E-state index contributed by atoms with van der Waals surface area (Å²) in [5.74, 6) is 6.45. The monoisotopic (exact) mass is 334 g/mol. The van der Waals surface area contributed by atoms with Crippen LogP contribution in [0.5, 0.6) is 0 Å². The zero-order chi connectivity index (χ0) is 15.5. The lowest BCUT2D eigenvalue weighted by Gasteiger charge is -2.06. The van der Waals surface area contributed by atoms with Gasteiger partial charge in [-0.2, -0.15) is 18.3 Å². The van der Waals surface area contributed by atoms with Crippen LogP contribution in [0.4, 0.5) is 19.1 Å². The summed E-state index contributed by atoms with van der Waals surface area (Å²) < 4.78 is 38.9. The van der Waals surface area contributed by atoms with Gasteiger partial charge in [-0.1, -0.05) is 19.1 Å².